The molecule has 0 amide bonds. The highest BCUT2D eigenvalue weighted by molar-refractivity contribution is 6.09. The molecule has 3 N–H and O–H groups in total. The van der Waals surface area contributed by atoms with Gasteiger partial charge in [0.1, 0.15) is 11.6 Å². The van der Waals surface area contributed by atoms with Gasteiger partial charge in [-0.3, -0.25) is 0 Å². The van der Waals surface area contributed by atoms with E-state index in [2.05, 4.69) is 4.99 Å². The third-order valence-corrected chi connectivity index (χ3v) is 3.16. The van der Waals surface area contributed by atoms with Gasteiger partial charge in [0.15, 0.2) is 0 Å². The predicted octanol–water partition coefficient (Wildman–Crippen LogP) is 3.58. The number of hydrogen-bond donors (Lipinski definition) is 2. The number of phenolic OH excluding ortho intramolecular Hbond substituents is 1. The van der Waals surface area contributed by atoms with Crippen LogP contribution < -0.4 is 5.73 Å². The predicted molar refractivity (Wildman–Crippen MR) is 82.4 cm³/mol. The van der Waals surface area contributed by atoms with Crippen LogP contribution in [0.3, 0.4) is 0 Å². The fraction of sp³-hybridized carbons (Fsp3) is 0. The van der Waals surface area contributed by atoms with Gasteiger partial charge in [-0.15, -0.1) is 0 Å². The molecule has 0 heterocycles. The number of nitrogens with two attached hydrogens (primary N) is 1. The van der Waals surface area contributed by atoms with Crippen LogP contribution in [0.15, 0.2) is 71.7 Å². The van der Waals surface area contributed by atoms with Crippen LogP contribution in [-0.4, -0.2) is 10.9 Å². The van der Waals surface area contributed by atoms with Gasteiger partial charge in [-0.05, 0) is 35.0 Å². The minimum atomic E-state index is 0.215. The molecular weight excluding hydrogens is 248 g/mol. The average molecular weight is 262 g/mol. The Balaban J connectivity index is 2.08. The molecule has 0 aliphatic carbocycles. The molecule has 3 rings (SSSR count). The van der Waals surface area contributed by atoms with E-state index in [0.29, 0.717) is 11.5 Å². The summed E-state index contributed by atoms with van der Waals surface area (Å²) in [5.41, 5.74) is 7.75. The maximum absolute atomic E-state index is 9.27. The molecule has 3 aromatic rings. The second-order valence-electron chi connectivity index (χ2n) is 4.54. The molecule has 0 atom stereocenters. The Labute approximate surface area is 117 Å². The molecule has 0 aliphatic heterocycles. The van der Waals surface area contributed by atoms with Crippen LogP contribution >= 0.6 is 0 Å². The fourth-order valence-electron chi connectivity index (χ4n) is 2.18. The number of hydrogen-bond acceptors (Lipinski definition) is 2. The van der Waals surface area contributed by atoms with Crippen LogP contribution in [0.1, 0.15) is 5.56 Å². The molecule has 0 saturated carbocycles. The van der Waals surface area contributed by atoms with Crippen LogP contribution in [0, 0.1) is 0 Å². The van der Waals surface area contributed by atoms with Gasteiger partial charge in [0.2, 0.25) is 0 Å². The van der Waals surface area contributed by atoms with E-state index in [9.17, 15) is 5.11 Å². The van der Waals surface area contributed by atoms with Gasteiger partial charge in [0, 0.05) is 5.56 Å². The summed E-state index contributed by atoms with van der Waals surface area (Å²) in [4.78, 5) is 4.40. The summed E-state index contributed by atoms with van der Waals surface area (Å²) < 4.78 is 0. The van der Waals surface area contributed by atoms with Crippen LogP contribution in [0.2, 0.25) is 0 Å². The SMILES string of the molecule is NC(=Nc1ccc(O)cc1)c1cccc2ccccc12. The van der Waals surface area contributed by atoms with E-state index in [4.69, 9.17) is 5.73 Å². The maximum Gasteiger partial charge on any atom is 0.131 e. The van der Waals surface area contributed by atoms with Crippen molar-refractivity contribution in [1.29, 1.82) is 0 Å². The summed E-state index contributed by atoms with van der Waals surface area (Å²) in [7, 11) is 0. The van der Waals surface area contributed by atoms with Crippen molar-refractivity contribution in [2.45, 2.75) is 0 Å². The molecule has 3 nitrogen and oxygen atoms in total. The van der Waals surface area contributed by atoms with E-state index in [-0.39, 0.29) is 5.75 Å². The van der Waals surface area contributed by atoms with E-state index in [1.807, 2.05) is 42.5 Å². The first-order chi connectivity index (χ1) is 9.74. The summed E-state index contributed by atoms with van der Waals surface area (Å²) in [6.45, 7) is 0. The largest absolute Gasteiger partial charge is 0.508 e. The monoisotopic (exact) mass is 262 g/mol. The van der Waals surface area contributed by atoms with Crippen LogP contribution in [0.25, 0.3) is 10.8 Å². The summed E-state index contributed by atoms with van der Waals surface area (Å²) in [5, 5.41) is 11.5. The third kappa shape index (κ3) is 2.34. The number of nitrogens with zero attached hydrogens (tertiary/aromatic N) is 1. The molecular formula is C17H14N2O. The number of phenols is 1. The van der Waals surface area contributed by atoms with Crippen molar-refractivity contribution in [2.75, 3.05) is 0 Å². The highest BCUT2D eigenvalue weighted by Gasteiger charge is 2.04. The van der Waals surface area contributed by atoms with Crippen LogP contribution in [0.4, 0.5) is 5.69 Å². The van der Waals surface area contributed by atoms with Crippen molar-refractivity contribution in [3.63, 3.8) is 0 Å². The first-order valence-electron chi connectivity index (χ1n) is 6.35. The van der Waals surface area contributed by atoms with E-state index in [1.54, 1.807) is 24.3 Å². The second-order valence-corrected chi connectivity index (χ2v) is 4.54. The fourth-order valence-corrected chi connectivity index (χ4v) is 2.18. The highest BCUT2D eigenvalue weighted by atomic mass is 16.3. The number of aliphatic imine (C=N–C) groups is 1. The van der Waals surface area contributed by atoms with Crippen molar-refractivity contribution in [1.82, 2.24) is 0 Å². The van der Waals surface area contributed by atoms with E-state index >= 15 is 0 Å². The zero-order valence-corrected chi connectivity index (χ0v) is 10.8. The topological polar surface area (TPSA) is 58.6 Å². The molecule has 0 fully saturated rings. The minimum Gasteiger partial charge on any atom is -0.508 e. The zero-order chi connectivity index (χ0) is 13.9. The highest BCUT2D eigenvalue weighted by Crippen LogP contribution is 2.21. The van der Waals surface area contributed by atoms with E-state index < -0.39 is 0 Å². The molecule has 0 spiro atoms. The Morgan fingerprint density at radius 2 is 1.55 bits per heavy atom. The second kappa shape index (κ2) is 5.05. The van der Waals surface area contributed by atoms with Crippen molar-refractivity contribution in [3.8, 4) is 5.75 Å². The molecule has 0 aliphatic rings. The van der Waals surface area contributed by atoms with Gasteiger partial charge in [-0.25, -0.2) is 4.99 Å². The molecule has 0 bridgehead atoms. The minimum absolute atomic E-state index is 0.215. The number of benzene rings is 3. The molecule has 3 heteroatoms. The van der Waals surface area contributed by atoms with Crippen molar-refractivity contribution in [3.05, 3.63) is 72.3 Å². The lowest BCUT2D eigenvalue weighted by molar-refractivity contribution is 0.475. The third-order valence-electron chi connectivity index (χ3n) is 3.16. The first kappa shape index (κ1) is 12.2. The normalized spacial score (nSPS) is 11.7. The zero-order valence-electron chi connectivity index (χ0n) is 10.8. The number of fused-ring (bicyclic) bond motifs is 1. The van der Waals surface area contributed by atoms with Crippen molar-refractivity contribution >= 4 is 22.3 Å². The Bertz CT molecular complexity index is 771. The summed E-state index contributed by atoms with van der Waals surface area (Å²) in [5.74, 6) is 0.681. The van der Waals surface area contributed by atoms with Gasteiger partial charge < -0.3 is 10.8 Å². The lowest BCUT2D eigenvalue weighted by Gasteiger charge is -2.06. The van der Waals surface area contributed by atoms with Gasteiger partial charge in [-0.1, -0.05) is 42.5 Å². The summed E-state index contributed by atoms with van der Waals surface area (Å²) in [6, 6.07) is 20.7. The lowest BCUT2D eigenvalue weighted by Crippen LogP contribution is -2.13. The smallest absolute Gasteiger partial charge is 0.131 e. The maximum atomic E-state index is 9.27. The molecule has 0 saturated heterocycles. The average Bonchev–Trinajstić information content (AvgIpc) is 2.49. The van der Waals surface area contributed by atoms with E-state index in [1.165, 1.54) is 0 Å². The molecule has 0 aromatic heterocycles. The van der Waals surface area contributed by atoms with Gasteiger partial charge in [-0.2, -0.15) is 0 Å². The summed E-state index contributed by atoms with van der Waals surface area (Å²) >= 11 is 0. The molecule has 98 valence electrons. The van der Waals surface area contributed by atoms with Gasteiger partial charge in [0.05, 0.1) is 5.69 Å². The van der Waals surface area contributed by atoms with Crippen LogP contribution in [0.5, 0.6) is 5.75 Å². The Morgan fingerprint density at radius 3 is 2.35 bits per heavy atom. The first-order valence-corrected chi connectivity index (χ1v) is 6.35. The van der Waals surface area contributed by atoms with E-state index in [0.717, 1.165) is 16.3 Å². The molecule has 0 radical (unpaired) electrons. The van der Waals surface area contributed by atoms with Crippen molar-refractivity contribution in [2.24, 2.45) is 10.7 Å². The number of amidine groups is 1. The van der Waals surface area contributed by atoms with Gasteiger partial charge in [0.25, 0.3) is 0 Å². The standard InChI is InChI=1S/C17H14N2O/c18-17(19-13-8-10-14(20)11-9-13)16-7-3-5-12-4-1-2-6-15(12)16/h1-11,20H,(H2,18,19). The van der Waals surface area contributed by atoms with Gasteiger partial charge >= 0.3 is 0 Å². The lowest BCUT2D eigenvalue weighted by atomic mass is 10.0. The molecule has 20 heavy (non-hydrogen) atoms. The molecule has 3 aromatic carbocycles. The Hall–Kier alpha value is -2.81. The molecule has 0 unspecified atom stereocenters. The Kier molecular flexibility index (Phi) is 3.09. The van der Waals surface area contributed by atoms with Crippen LogP contribution in [-0.2, 0) is 0 Å². The summed E-state index contributed by atoms with van der Waals surface area (Å²) in [6.07, 6.45) is 0. The Morgan fingerprint density at radius 1 is 0.850 bits per heavy atom. The number of rotatable bonds is 2. The quantitative estimate of drug-likeness (QED) is 0.547. The van der Waals surface area contributed by atoms with Crippen molar-refractivity contribution < 1.29 is 5.11 Å². The number of aromatic hydroxyl groups is 1.